The number of hydrogen-bond donors (Lipinski definition) is 1. The van der Waals surface area contributed by atoms with Gasteiger partial charge in [-0.15, -0.1) is 0 Å². The van der Waals surface area contributed by atoms with Crippen LogP contribution >= 0.6 is 0 Å². The molecule has 0 atom stereocenters. The second kappa shape index (κ2) is 4.39. The molecule has 0 saturated carbocycles. The largest absolute Gasteiger partial charge is 0.457 e. The Bertz CT molecular complexity index is 598. The summed E-state index contributed by atoms with van der Waals surface area (Å²) in [4.78, 5) is 0. The smallest absolute Gasteiger partial charge is 0.131 e. The van der Waals surface area contributed by atoms with E-state index in [1.165, 1.54) is 0 Å². The van der Waals surface area contributed by atoms with Crippen LogP contribution in [0.3, 0.4) is 0 Å². The first-order valence-electron chi connectivity index (χ1n) is 6.99. The van der Waals surface area contributed by atoms with Crippen molar-refractivity contribution in [2.75, 3.05) is 0 Å². The molecule has 1 heterocycles. The summed E-state index contributed by atoms with van der Waals surface area (Å²) in [7, 11) is 0. The first-order chi connectivity index (χ1) is 9.40. The van der Waals surface area contributed by atoms with Crippen molar-refractivity contribution in [3.63, 3.8) is 0 Å². The van der Waals surface area contributed by atoms with Gasteiger partial charge in [-0.1, -0.05) is 36.4 Å². The van der Waals surface area contributed by atoms with Gasteiger partial charge in [0.25, 0.3) is 0 Å². The average Bonchev–Trinajstić information content (AvgIpc) is 2.37. The SMILES string of the molecule is [2H]C1(CC(C)(C)O)c2ccccc2Oc2ccccc21. The lowest BCUT2D eigenvalue weighted by atomic mass is 9.81. The van der Waals surface area contributed by atoms with Gasteiger partial charge in [0, 0.05) is 18.4 Å². The van der Waals surface area contributed by atoms with Crippen LogP contribution < -0.4 is 4.74 Å². The first kappa shape index (κ1) is 11.1. The van der Waals surface area contributed by atoms with Crippen LogP contribution in [0.1, 0.15) is 38.7 Å². The Hall–Kier alpha value is -1.80. The fourth-order valence-electron chi connectivity index (χ4n) is 2.50. The summed E-state index contributed by atoms with van der Waals surface area (Å²) in [6.45, 7) is 3.48. The summed E-state index contributed by atoms with van der Waals surface area (Å²) in [5.74, 6) is 0.403. The van der Waals surface area contributed by atoms with E-state index >= 15 is 0 Å². The highest BCUT2D eigenvalue weighted by molar-refractivity contribution is 5.53. The lowest BCUT2D eigenvalue weighted by Gasteiger charge is -2.31. The molecule has 0 aromatic heterocycles. The zero-order chi connectivity index (χ0) is 14.4. The highest BCUT2D eigenvalue weighted by Crippen LogP contribution is 2.46. The minimum atomic E-state index is -0.996. The van der Waals surface area contributed by atoms with Crippen molar-refractivity contribution in [3.8, 4) is 11.5 Å². The quantitative estimate of drug-likeness (QED) is 0.876. The van der Waals surface area contributed by atoms with E-state index in [1.807, 2.05) is 48.5 Å². The zero-order valence-electron chi connectivity index (χ0n) is 12.2. The predicted molar refractivity (Wildman–Crippen MR) is 75.7 cm³/mol. The zero-order valence-corrected chi connectivity index (χ0v) is 11.2. The average molecular weight is 255 g/mol. The Labute approximate surface area is 115 Å². The molecule has 0 radical (unpaired) electrons. The molecule has 2 aromatic rings. The molecule has 1 N–H and O–H groups in total. The molecule has 0 saturated heterocycles. The van der Waals surface area contributed by atoms with Crippen LogP contribution in [0.2, 0.25) is 0 Å². The monoisotopic (exact) mass is 255 g/mol. The molecule has 19 heavy (non-hydrogen) atoms. The fraction of sp³-hybridized carbons (Fsp3) is 0.294. The van der Waals surface area contributed by atoms with Gasteiger partial charge >= 0.3 is 0 Å². The van der Waals surface area contributed by atoms with E-state index in [0.29, 0.717) is 17.9 Å². The highest BCUT2D eigenvalue weighted by Gasteiger charge is 2.30. The molecule has 2 aromatic carbocycles. The van der Waals surface area contributed by atoms with Gasteiger partial charge in [-0.2, -0.15) is 0 Å². The van der Waals surface area contributed by atoms with E-state index in [4.69, 9.17) is 6.11 Å². The molecule has 0 bridgehead atoms. The molecule has 0 spiro atoms. The van der Waals surface area contributed by atoms with Gasteiger partial charge < -0.3 is 9.84 Å². The number of ether oxygens (including phenoxy) is 1. The Morgan fingerprint density at radius 2 is 1.53 bits per heavy atom. The van der Waals surface area contributed by atoms with Crippen LogP contribution in [0.4, 0.5) is 0 Å². The van der Waals surface area contributed by atoms with Crippen molar-refractivity contribution in [2.24, 2.45) is 0 Å². The van der Waals surface area contributed by atoms with Crippen molar-refractivity contribution in [1.82, 2.24) is 0 Å². The van der Waals surface area contributed by atoms with Crippen molar-refractivity contribution >= 4 is 0 Å². The van der Waals surface area contributed by atoms with Crippen molar-refractivity contribution in [2.45, 2.75) is 31.8 Å². The third-order valence-electron chi connectivity index (χ3n) is 3.25. The van der Waals surface area contributed by atoms with Crippen LogP contribution in [-0.4, -0.2) is 10.7 Å². The van der Waals surface area contributed by atoms with Crippen LogP contribution in [0.5, 0.6) is 11.5 Å². The maximum Gasteiger partial charge on any atom is 0.131 e. The minimum Gasteiger partial charge on any atom is -0.457 e. The molecular weight excluding hydrogens is 236 g/mol. The first-order valence-corrected chi connectivity index (χ1v) is 6.49. The molecule has 0 fully saturated rings. The van der Waals surface area contributed by atoms with Crippen molar-refractivity contribution < 1.29 is 11.2 Å². The normalized spacial score (nSPS) is 16.9. The molecule has 0 unspecified atom stereocenters. The number of hydrogen-bond acceptors (Lipinski definition) is 2. The van der Waals surface area contributed by atoms with Gasteiger partial charge in [-0.25, -0.2) is 0 Å². The topological polar surface area (TPSA) is 29.5 Å². The summed E-state index contributed by atoms with van der Waals surface area (Å²) in [5, 5.41) is 10.2. The summed E-state index contributed by atoms with van der Waals surface area (Å²) in [6, 6.07) is 15.2. The number of rotatable bonds is 2. The van der Waals surface area contributed by atoms with Crippen LogP contribution in [0.15, 0.2) is 48.5 Å². The third kappa shape index (κ3) is 2.36. The predicted octanol–water partition coefficient (Wildman–Crippen LogP) is 4.09. The summed E-state index contributed by atoms with van der Waals surface area (Å²) in [5.41, 5.74) is 0.681. The second-order valence-electron chi connectivity index (χ2n) is 5.56. The number of fused-ring (bicyclic) bond motifs is 2. The van der Waals surface area contributed by atoms with E-state index in [0.717, 1.165) is 11.1 Å². The molecule has 98 valence electrons. The number of aliphatic hydroxyl groups is 1. The molecule has 2 heteroatoms. The molecule has 1 aliphatic heterocycles. The number of benzene rings is 2. The third-order valence-corrected chi connectivity index (χ3v) is 3.25. The van der Waals surface area contributed by atoms with E-state index in [1.54, 1.807) is 13.8 Å². The van der Waals surface area contributed by atoms with E-state index in [-0.39, 0.29) is 0 Å². The van der Waals surface area contributed by atoms with Crippen molar-refractivity contribution in [3.05, 3.63) is 59.7 Å². The maximum absolute atomic E-state index is 10.2. The molecule has 0 amide bonds. The number of para-hydroxylation sites is 2. The van der Waals surface area contributed by atoms with E-state index < -0.39 is 11.5 Å². The van der Waals surface area contributed by atoms with Crippen LogP contribution in [0.25, 0.3) is 0 Å². The lowest BCUT2D eigenvalue weighted by molar-refractivity contribution is 0.0657. The fourth-order valence-corrected chi connectivity index (χ4v) is 2.50. The summed E-state index contributed by atoms with van der Waals surface area (Å²) < 4.78 is 14.9. The Kier molecular flexibility index (Phi) is 2.56. The molecule has 3 rings (SSSR count). The van der Waals surface area contributed by atoms with E-state index in [9.17, 15) is 5.11 Å². The van der Waals surface area contributed by atoms with Crippen molar-refractivity contribution in [1.29, 1.82) is 0 Å². The highest BCUT2D eigenvalue weighted by atomic mass is 16.5. The summed E-state index contributed by atoms with van der Waals surface area (Å²) in [6.07, 6.45) is 0.317. The lowest BCUT2D eigenvalue weighted by Crippen LogP contribution is -2.24. The van der Waals surface area contributed by atoms with Gasteiger partial charge in [0.15, 0.2) is 0 Å². The van der Waals surface area contributed by atoms with Crippen LogP contribution in [0, 0.1) is 0 Å². The molecular formula is C17H18O2. The Balaban J connectivity index is 2.22. The Morgan fingerprint density at radius 3 is 2.00 bits per heavy atom. The maximum atomic E-state index is 10.2. The molecule has 2 nitrogen and oxygen atoms in total. The van der Waals surface area contributed by atoms with Gasteiger partial charge in [0.05, 0.1) is 5.60 Å². The minimum absolute atomic E-state index is 0.317. The second-order valence-corrected chi connectivity index (χ2v) is 5.56. The Morgan fingerprint density at radius 1 is 1.05 bits per heavy atom. The van der Waals surface area contributed by atoms with E-state index in [2.05, 4.69) is 0 Å². The van der Waals surface area contributed by atoms with Gasteiger partial charge in [0.2, 0.25) is 0 Å². The van der Waals surface area contributed by atoms with Gasteiger partial charge in [-0.05, 0) is 32.4 Å². The van der Waals surface area contributed by atoms with Gasteiger partial charge in [-0.3, -0.25) is 0 Å². The molecule has 0 aliphatic carbocycles. The molecule has 1 aliphatic rings. The van der Waals surface area contributed by atoms with Gasteiger partial charge in [0.1, 0.15) is 11.5 Å². The van der Waals surface area contributed by atoms with Crippen LogP contribution in [-0.2, 0) is 0 Å². The summed E-state index contributed by atoms with van der Waals surface area (Å²) >= 11 is 0. The standard InChI is InChI=1S/C17H18O2/c1-17(2,18)11-14-12-7-3-5-9-15(12)19-16-10-6-4-8-13(14)16/h3-10,14,18H,11H2,1-2H3/i14D.